The van der Waals surface area contributed by atoms with Crippen LogP contribution in [0, 0.1) is 11.8 Å². The van der Waals surface area contributed by atoms with Crippen LogP contribution in [0.4, 0.5) is 0 Å². The molecular weight excluding hydrogens is 210 g/mol. The number of thioether (sulfide) groups is 1. The van der Waals surface area contributed by atoms with Gasteiger partial charge in [0.25, 0.3) is 0 Å². The topological polar surface area (TPSA) is 38.3 Å². The van der Waals surface area contributed by atoms with E-state index in [0.29, 0.717) is 5.92 Å². The maximum Gasteiger partial charge on any atom is 0.325 e. The fraction of sp³-hybridized carbons (Fsp3) is 0.909. The van der Waals surface area contributed by atoms with E-state index in [2.05, 4.69) is 5.32 Å². The second-order valence-electron chi connectivity index (χ2n) is 4.79. The minimum atomic E-state index is -0.438. The van der Waals surface area contributed by atoms with Crippen molar-refractivity contribution in [2.24, 2.45) is 11.8 Å². The van der Waals surface area contributed by atoms with E-state index < -0.39 is 5.54 Å². The summed E-state index contributed by atoms with van der Waals surface area (Å²) in [6.45, 7) is 2.93. The van der Waals surface area contributed by atoms with Gasteiger partial charge >= 0.3 is 5.97 Å². The van der Waals surface area contributed by atoms with Gasteiger partial charge in [0.05, 0.1) is 7.11 Å². The molecule has 0 aromatic heterocycles. The first kappa shape index (κ1) is 11.3. The standard InChI is InChI=1S/C11H19NO2S/c1-11(10(13)14-2)5-9(6-12-11)8-3-4-15-7-8/h8-9,12H,3-7H2,1-2H3. The lowest BCUT2D eigenvalue weighted by Crippen LogP contribution is -2.45. The Hall–Kier alpha value is -0.220. The van der Waals surface area contributed by atoms with E-state index in [9.17, 15) is 4.79 Å². The quantitative estimate of drug-likeness (QED) is 0.724. The highest BCUT2D eigenvalue weighted by Gasteiger charge is 2.44. The summed E-state index contributed by atoms with van der Waals surface area (Å²) >= 11 is 2.04. The van der Waals surface area contributed by atoms with Crippen LogP contribution in [0.25, 0.3) is 0 Å². The smallest absolute Gasteiger partial charge is 0.325 e. The summed E-state index contributed by atoms with van der Waals surface area (Å²) in [5.74, 6) is 3.90. The van der Waals surface area contributed by atoms with Crippen LogP contribution in [0.5, 0.6) is 0 Å². The van der Waals surface area contributed by atoms with E-state index in [1.54, 1.807) is 0 Å². The van der Waals surface area contributed by atoms with Gasteiger partial charge in [0, 0.05) is 0 Å². The normalized spacial score (nSPS) is 40.7. The molecule has 2 heterocycles. The van der Waals surface area contributed by atoms with Crippen LogP contribution in [-0.2, 0) is 9.53 Å². The van der Waals surface area contributed by atoms with Crippen molar-refractivity contribution >= 4 is 17.7 Å². The third-order valence-electron chi connectivity index (χ3n) is 3.69. The molecule has 3 nitrogen and oxygen atoms in total. The molecule has 1 N–H and O–H groups in total. The molecule has 15 heavy (non-hydrogen) atoms. The van der Waals surface area contributed by atoms with E-state index in [-0.39, 0.29) is 5.97 Å². The summed E-state index contributed by atoms with van der Waals surface area (Å²) in [5.41, 5.74) is -0.438. The Labute approximate surface area is 95.3 Å². The number of hydrogen-bond acceptors (Lipinski definition) is 4. The third-order valence-corrected chi connectivity index (χ3v) is 4.88. The molecule has 0 radical (unpaired) electrons. The molecule has 3 unspecified atom stereocenters. The van der Waals surface area contributed by atoms with Crippen molar-refractivity contribution in [2.45, 2.75) is 25.3 Å². The van der Waals surface area contributed by atoms with Gasteiger partial charge in [-0.05, 0) is 49.7 Å². The van der Waals surface area contributed by atoms with Gasteiger partial charge in [0.2, 0.25) is 0 Å². The first-order valence-corrected chi connectivity index (χ1v) is 6.72. The van der Waals surface area contributed by atoms with Crippen LogP contribution in [0.2, 0.25) is 0 Å². The molecule has 86 valence electrons. The Morgan fingerprint density at radius 1 is 1.53 bits per heavy atom. The molecule has 4 heteroatoms. The van der Waals surface area contributed by atoms with Crippen molar-refractivity contribution in [3.8, 4) is 0 Å². The van der Waals surface area contributed by atoms with Crippen molar-refractivity contribution < 1.29 is 9.53 Å². The number of rotatable bonds is 2. The van der Waals surface area contributed by atoms with Crippen molar-refractivity contribution in [3.05, 3.63) is 0 Å². The molecule has 0 spiro atoms. The Morgan fingerprint density at radius 3 is 2.93 bits per heavy atom. The van der Waals surface area contributed by atoms with Crippen LogP contribution >= 0.6 is 11.8 Å². The van der Waals surface area contributed by atoms with Gasteiger partial charge in [-0.15, -0.1) is 0 Å². The molecule has 2 aliphatic heterocycles. The molecule has 3 atom stereocenters. The first-order valence-electron chi connectivity index (χ1n) is 5.57. The van der Waals surface area contributed by atoms with E-state index in [1.807, 2.05) is 18.7 Å². The zero-order chi connectivity index (χ0) is 10.9. The number of nitrogens with one attached hydrogen (secondary N) is 1. The zero-order valence-electron chi connectivity index (χ0n) is 9.41. The van der Waals surface area contributed by atoms with E-state index in [0.717, 1.165) is 18.9 Å². The van der Waals surface area contributed by atoms with Crippen LogP contribution < -0.4 is 5.32 Å². The number of methoxy groups -OCH3 is 1. The molecule has 0 aromatic carbocycles. The van der Waals surface area contributed by atoms with Crippen molar-refractivity contribution in [2.75, 3.05) is 25.2 Å². The van der Waals surface area contributed by atoms with Crippen molar-refractivity contribution in [3.63, 3.8) is 0 Å². The SMILES string of the molecule is COC(=O)C1(C)CC(C2CCSC2)CN1. The summed E-state index contributed by atoms with van der Waals surface area (Å²) in [4.78, 5) is 11.6. The molecule has 0 amide bonds. The average molecular weight is 229 g/mol. The number of esters is 1. The van der Waals surface area contributed by atoms with Gasteiger partial charge < -0.3 is 10.1 Å². The monoisotopic (exact) mass is 229 g/mol. The van der Waals surface area contributed by atoms with Gasteiger partial charge in [-0.2, -0.15) is 11.8 Å². The minimum Gasteiger partial charge on any atom is -0.468 e. The average Bonchev–Trinajstić information content (AvgIpc) is 2.85. The van der Waals surface area contributed by atoms with E-state index in [4.69, 9.17) is 4.74 Å². The highest BCUT2D eigenvalue weighted by Crippen LogP contribution is 2.37. The minimum absolute atomic E-state index is 0.115. The summed E-state index contributed by atoms with van der Waals surface area (Å²) in [6, 6.07) is 0. The highest BCUT2D eigenvalue weighted by atomic mass is 32.2. The Morgan fingerprint density at radius 2 is 2.33 bits per heavy atom. The van der Waals surface area contributed by atoms with Gasteiger partial charge in [0.15, 0.2) is 0 Å². The summed E-state index contributed by atoms with van der Waals surface area (Å²) in [5, 5.41) is 3.33. The second kappa shape index (κ2) is 4.34. The molecule has 2 fully saturated rings. The maximum absolute atomic E-state index is 11.6. The fourth-order valence-electron chi connectivity index (χ4n) is 2.66. The molecule has 0 aliphatic carbocycles. The molecule has 0 saturated carbocycles. The number of carbonyl (C=O) groups is 1. The third kappa shape index (κ3) is 2.16. The van der Waals surface area contributed by atoms with Crippen LogP contribution in [-0.4, -0.2) is 36.7 Å². The zero-order valence-corrected chi connectivity index (χ0v) is 10.2. The number of hydrogen-bond donors (Lipinski definition) is 1. The Bertz CT molecular complexity index is 253. The highest BCUT2D eigenvalue weighted by molar-refractivity contribution is 7.99. The molecule has 0 bridgehead atoms. The maximum atomic E-state index is 11.6. The lowest BCUT2D eigenvalue weighted by molar-refractivity contribution is -0.147. The lowest BCUT2D eigenvalue weighted by atomic mass is 9.86. The predicted molar refractivity (Wildman–Crippen MR) is 62.0 cm³/mol. The Kier molecular flexibility index (Phi) is 3.26. The lowest BCUT2D eigenvalue weighted by Gasteiger charge is -2.22. The number of carbonyl (C=O) groups excluding carboxylic acids is 1. The van der Waals surface area contributed by atoms with Crippen LogP contribution in [0.15, 0.2) is 0 Å². The molecule has 2 saturated heterocycles. The van der Waals surface area contributed by atoms with Gasteiger partial charge in [-0.1, -0.05) is 0 Å². The fourth-order valence-corrected chi connectivity index (χ4v) is 4.04. The summed E-state index contributed by atoms with van der Waals surface area (Å²) in [7, 11) is 1.47. The van der Waals surface area contributed by atoms with E-state index in [1.165, 1.54) is 25.0 Å². The van der Waals surface area contributed by atoms with Crippen LogP contribution in [0.3, 0.4) is 0 Å². The van der Waals surface area contributed by atoms with Gasteiger partial charge in [0.1, 0.15) is 5.54 Å². The van der Waals surface area contributed by atoms with Crippen LogP contribution in [0.1, 0.15) is 19.8 Å². The summed E-state index contributed by atoms with van der Waals surface area (Å²) < 4.78 is 4.84. The van der Waals surface area contributed by atoms with Crippen molar-refractivity contribution in [1.29, 1.82) is 0 Å². The molecule has 2 rings (SSSR count). The number of ether oxygens (including phenoxy) is 1. The molecule has 0 aromatic rings. The van der Waals surface area contributed by atoms with Gasteiger partial charge in [-0.3, -0.25) is 4.79 Å². The summed E-state index contributed by atoms with van der Waals surface area (Å²) in [6.07, 6.45) is 2.25. The molecule has 2 aliphatic rings. The van der Waals surface area contributed by atoms with E-state index >= 15 is 0 Å². The van der Waals surface area contributed by atoms with Gasteiger partial charge in [-0.25, -0.2) is 0 Å². The Balaban J connectivity index is 1.96. The molecular formula is C11H19NO2S. The largest absolute Gasteiger partial charge is 0.468 e. The second-order valence-corrected chi connectivity index (χ2v) is 5.94. The first-order chi connectivity index (χ1) is 7.15. The predicted octanol–water partition coefficient (Wildman–Crippen LogP) is 1.28. The van der Waals surface area contributed by atoms with Crippen molar-refractivity contribution in [1.82, 2.24) is 5.32 Å².